The van der Waals surface area contributed by atoms with Crippen molar-refractivity contribution in [1.82, 2.24) is 19.9 Å². The van der Waals surface area contributed by atoms with Crippen LogP contribution in [-0.4, -0.2) is 52.1 Å². The predicted octanol–water partition coefficient (Wildman–Crippen LogP) is 1.52. The molecule has 1 saturated heterocycles. The van der Waals surface area contributed by atoms with Crippen LogP contribution in [0.2, 0.25) is 0 Å². The molecular weight excluding hydrogens is 268 g/mol. The normalized spacial score (nSPS) is 18.7. The summed E-state index contributed by atoms with van der Waals surface area (Å²) >= 11 is 0. The van der Waals surface area contributed by atoms with Gasteiger partial charge in [0.15, 0.2) is 0 Å². The Kier molecular flexibility index (Phi) is 3.96. The van der Waals surface area contributed by atoms with Crippen molar-refractivity contribution in [2.24, 2.45) is 0 Å². The summed E-state index contributed by atoms with van der Waals surface area (Å²) in [4.78, 5) is 14.4. The summed E-state index contributed by atoms with van der Waals surface area (Å²) in [5.74, 6) is 0.0573. The summed E-state index contributed by atoms with van der Waals surface area (Å²) in [6, 6.07) is 7.41. The third-order valence-electron chi connectivity index (χ3n) is 3.80. The third-order valence-corrected chi connectivity index (χ3v) is 3.80. The molecule has 1 aromatic heterocycles. The monoisotopic (exact) mass is 286 g/mol. The quantitative estimate of drug-likeness (QED) is 0.858. The Morgan fingerprint density at radius 2 is 2.14 bits per heavy atom. The van der Waals surface area contributed by atoms with Gasteiger partial charge in [-0.25, -0.2) is 4.68 Å². The van der Waals surface area contributed by atoms with Crippen molar-refractivity contribution in [2.75, 3.05) is 20.2 Å². The Labute approximate surface area is 123 Å². The Balaban J connectivity index is 1.73. The van der Waals surface area contributed by atoms with Gasteiger partial charge in [0.25, 0.3) is 5.91 Å². The number of likely N-dealkylation sites (tertiary alicyclic amines) is 1. The zero-order valence-corrected chi connectivity index (χ0v) is 12.0. The summed E-state index contributed by atoms with van der Waals surface area (Å²) in [5, 5.41) is 7.70. The van der Waals surface area contributed by atoms with E-state index < -0.39 is 0 Å². The molecule has 1 aliphatic heterocycles. The number of hydrogen-bond acceptors (Lipinski definition) is 4. The number of benzene rings is 1. The van der Waals surface area contributed by atoms with Gasteiger partial charge in [-0.15, -0.1) is 5.10 Å². The zero-order valence-electron chi connectivity index (χ0n) is 12.0. The van der Waals surface area contributed by atoms with Gasteiger partial charge in [-0.2, -0.15) is 0 Å². The SMILES string of the molecule is COC1CCCN(C(=O)c2ccc(-n3ccnn3)cc2)C1. The van der Waals surface area contributed by atoms with Crippen molar-refractivity contribution >= 4 is 5.91 Å². The van der Waals surface area contributed by atoms with E-state index in [9.17, 15) is 4.79 Å². The Morgan fingerprint density at radius 3 is 2.81 bits per heavy atom. The first-order chi connectivity index (χ1) is 10.3. The number of carbonyl (C=O) groups excluding carboxylic acids is 1. The maximum absolute atomic E-state index is 12.5. The molecule has 1 unspecified atom stereocenters. The number of piperidine rings is 1. The van der Waals surface area contributed by atoms with E-state index in [2.05, 4.69) is 10.3 Å². The average Bonchev–Trinajstić information content (AvgIpc) is 3.09. The highest BCUT2D eigenvalue weighted by Gasteiger charge is 2.24. The van der Waals surface area contributed by atoms with E-state index >= 15 is 0 Å². The van der Waals surface area contributed by atoms with Gasteiger partial charge in [0, 0.05) is 25.8 Å². The number of aromatic nitrogens is 3. The standard InChI is InChI=1S/C15H18N4O2/c1-21-14-3-2-9-18(11-14)15(20)12-4-6-13(7-5-12)19-10-8-16-17-19/h4-8,10,14H,2-3,9,11H2,1H3. The number of amides is 1. The molecule has 1 fully saturated rings. The van der Waals surface area contributed by atoms with Crippen LogP contribution in [0.1, 0.15) is 23.2 Å². The molecule has 1 aromatic carbocycles. The minimum absolute atomic E-state index is 0.0573. The lowest BCUT2D eigenvalue weighted by Gasteiger charge is -2.32. The number of rotatable bonds is 3. The molecule has 0 saturated carbocycles. The largest absolute Gasteiger partial charge is 0.380 e. The Hall–Kier alpha value is -2.21. The van der Waals surface area contributed by atoms with Gasteiger partial charge in [0.2, 0.25) is 0 Å². The van der Waals surface area contributed by atoms with Gasteiger partial charge in [-0.3, -0.25) is 4.79 Å². The van der Waals surface area contributed by atoms with Gasteiger partial charge in [-0.1, -0.05) is 5.21 Å². The lowest BCUT2D eigenvalue weighted by Crippen LogP contribution is -2.42. The number of hydrogen-bond donors (Lipinski definition) is 0. The van der Waals surface area contributed by atoms with Crippen LogP contribution >= 0.6 is 0 Å². The van der Waals surface area contributed by atoms with Crippen LogP contribution in [0.15, 0.2) is 36.7 Å². The molecule has 6 nitrogen and oxygen atoms in total. The molecule has 0 bridgehead atoms. The Morgan fingerprint density at radius 1 is 1.33 bits per heavy atom. The van der Waals surface area contributed by atoms with Crippen molar-refractivity contribution < 1.29 is 9.53 Å². The second-order valence-corrected chi connectivity index (χ2v) is 5.15. The van der Waals surface area contributed by atoms with Gasteiger partial charge in [0.05, 0.1) is 24.2 Å². The van der Waals surface area contributed by atoms with Crippen molar-refractivity contribution in [3.05, 3.63) is 42.2 Å². The molecule has 0 radical (unpaired) electrons. The second kappa shape index (κ2) is 6.05. The average molecular weight is 286 g/mol. The van der Waals surface area contributed by atoms with Gasteiger partial charge < -0.3 is 9.64 Å². The first-order valence-electron chi connectivity index (χ1n) is 7.07. The second-order valence-electron chi connectivity index (χ2n) is 5.15. The zero-order chi connectivity index (χ0) is 14.7. The molecular formula is C15H18N4O2. The summed E-state index contributed by atoms with van der Waals surface area (Å²) in [6.07, 6.45) is 5.55. The highest BCUT2D eigenvalue weighted by Crippen LogP contribution is 2.16. The number of methoxy groups -OCH3 is 1. The molecule has 110 valence electrons. The van der Waals surface area contributed by atoms with E-state index in [0.29, 0.717) is 12.1 Å². The van der Waals surface area contributed by atoms with Crippen LogP contribution in [0.5, 0.6) is 0 Å². The molecule has 2 aromatic rings. The topological polar surface area (TPSA) is 60.2 Å². The summed E-state index contributed by atoms with van der Waals surface area (Å²) in [5.41, 5.74) is 1.58. The van der Waals surface area contributed by atoms with Crippen molar-refractivity contribution in [3.8, 4) is 5.69 Å². The summed E-state index contributed by atoms with van der Waals surface area (Å²) in [6.45, 7) is 1.46. The highest BCUT2D eigenvalue weighted by atomic mass is 16.5. The molecule has 2 heterocycles. The fraction of sp³-hybridized carbons (Fsp3) is 0.400. The predicted molar refractivity (Wildman–Crippen MR) is 77.3 cm³/mol. The maximum Gasteiger partial charge on any atom is 0.253 e. The van der Waals surface area contributed by atoms with Crippen molar-refractivity contribution in [1.29, 1.82) is 0 Å². The molecule has 1 aliphatic rings. The fourth-order valence-corrected chi connectivity index (χ4v) is 2.60. The van der Waals surface area contributed by atoms with Crippen LogP contribution in [0.4, 0.5) is 0 Å². The number of ether oxygens (including phenoxy) is 1. The van der Waals surface area contributed by atoms with Crippen LogP contribution in [-0.2, 0) is 4.74 Å². The smallest absolute Gasteiger partial charge is 0.253 e. The lowest BCUT2D eigenvalue weighted by molar-refractivity contribution is 0.0269. The summed E-state index contributed by atoms with van der Waals surface area (Å²) in [7, 11) is 1.70. The van der Waals surface area contributed by atoms with E-state index in [0.717, 1.165) is 25.1 Å². The van der Waals surface area contributed by atoms with Gasteiger partial charge in [-0.05, 0) is 37.1 Å². The molecule has 1 atom stereocenters. The van der Waals surface area contributed by atoms with Gasteiger partial charge >= 0.3 is 0 Å². The van der Waals surface area contributed by atoms with E-state index in [1.165, 1.54) is 0 Å². The van der Waals surface area contributed by atoms with Crippen LogP contribution < -0.4 is 0 Å². The molecule has 0 N–H and O–H groups in total. The molecule has 0 aliphatic carbocycles. The third kappa shape index (κ3) is 2.95. The number of nitrogens with zero attached hydrogens (tertiary/aromatic N) is 4. The van der Waals surface area contributed by atoms with E-state index in [4.69, 9.17) is 4.74 Å². The van der Waals surface area contributed by atoms with Crippen molar-refractivity contribution in [3.63, 3.8) is 0 Å². The van der Waals surface area contributed by atoms with Crippen LogP contribution in [0, 0.1) is 0 Å². The van der Waals surface area contributed by atoms with Gasteiger partial charge in [0.1, 0.15) is 0 Å². The highest BCUT2D eigenvalue weighted by molar-refractivity contribution is 5.94. The Bertz CT molecular complexity index is 595. The van der Waals surface area contributed by atoms with E-state index in [-0.39, 0.29) is 12.0 Å². The molecule has 3 rings (SSSR count). The first kappa shape index (κ1) is 13.8. The minimum Gasteiger partial charge on any atom is -0.380 e. The summed E-state index contributed by atoms with van der Waals surface area (Å²) < 4.78 is 7.03. The minimum atomic E-state index is 0.0573. The molecule has 0 spiro atoms. The van der Waals surface area contributed by atoms with Crippen LogP contribution in [0.25, 0.3) is 5.69 Å². The number of carbonyl (C=O) groups is 1. The first-order valence-corrected chi connectivity index (χ1v) is 7.07. The lowest BCUT2D eigenvalue weighted by atomic mass is 10.1. The van der Waals surface area contributed by atoms with Crippen molar-refractivity contribution in [2.45, 2.75) is 18.9 Å². The maximum atomic E-state index is 12.5. The van der Waals surface area contributed by atoms with Crippen LogP contribution in [0.3, 0.4) is 0 Å². The van der Waals surface area contributed by atoms with E-state index in [1.807, 2.05) is 29.2 Å². The van der Waals surface area contributed by atoms with E-state index in [1.54, 1.807) is 24.2 Å². The molecule has 1 amide bonds. The molecule has 21 heavy (non-hydrogen) atoms. The fourth-order valence-electron chi connectivity index (χ4n) is 2.60. The molecule has 6 heteroatoms.